The maximum atomic E-state index is 13.2. The van der Waals surface area contributed by atoms with Gasteiger partial charge in [0.1, 0.15) is 5.82 Å². The fraction of sp³-hybridized carbons (Fsp3) is 0.250. The van der Waals surface area contributed by atoms with Crippen molar-refractivity contribution in [1.82, 2.24) is 18.7 Å². The largest absolute Gasteiger partial charge is 0.332 e. The van der Waals surface area contributed by atoms with Gasteiger partial charge >= 0.3 is 5.69 Å². The molecule has 8 nitrogen and oxygen atoms in total. The summed E-state index contributed by atoms with van der Waals surface area (Å²) in [7, 11) is 4.58. The summed E-state index contributed by atoms with van der Waals surface area (Å²) in [5.41, 5.74) is -0.0247. The number of nitrogens with one attached hydrogen (secondary N) is 1. The zero-order chi connectivity index (χ0) is 19.0. The van der Waals surface area contributed by atoms with Crippen LogP contribution in [0.2, 0.25) is 0 Å². The summed E-state index contributed by atoms with van der Waals surface area (Å²) in [4.78, 5) is 40.7. The van der Waals surface area contributed by atoms with E-state index in [1.54, 1.807) is 17.7 Å². The minimum Gasteiger partial charge on any atom is -0.325 e. The van der Waals surface area contributed by atoms with Crippen molar-refractivity contribution >= 4 is 34.5 Å². The molecule has 1 N–H and O–H groups in total. The molecule has 0 atom stereocenters. The van der Waals surface area contributed by atoms with E-state index in [2.05, 4.69) is 10.3 Å². The van der Waals surface area contributed by atoms with Crippen molar-refractivity contribution in [3.05, 3.63) is 50.9 Å². The highest BCUT2D eigenvalue weighted by atomic mass is 32.2. The van der Waals surface area contributed by atoms with Crippen molar-refractivity contribution in [2.24, 2.45) is 21.1 Å². The van der Waals surface area contributed by atoms with Gasteiger partial charge in [-0.3, -0.25) is 18.7 Å². The molecule has 3 rings (SSSR count). The third-order valence-electron chi connectivity index (χ3n) is 3.88. The highest BCUT2D eigenvalue weighted by molar-refractivity contribution is 7.99. The standard InChI is InChI=1S/C16H16FN5O3S/c1-20-12-13(21(2)16(25)22(3)14(12)24)19-15(20)26-8-11(23)18-10-6-4-5-9(17)7-10/h4-7H,8H2,1-3H3,(H,18,23). The molecule has 0 aliphatic carbocycles. The zero-order valence-electron chi connectivity index (χ0n) is 14.3. The van der Waals surface area contributed by atoms with Crippen LogP contribution in [0.1, 0.15) is 0 Å². The molecule has 0 saturated carbocycles. The number of carbonyl (C=O) groups excluding carboxylic acids is 1. The van der Waals surface area contributed by atoms with Crippen molar-refractivity contribution in [2.45, 2.75) is 5.16 Å². The molecule has 26 heavy (non-hydrogen) atoms. The molecule has 1 aromatic carbocycles. The maximum absolute atomic E-state index is 13.2. The van der Waals surface area contributed by atoms with E-state index in [4.69, 9.17) is 0 Å². The lowest BCUT2D eigenvalue weighted by atomic mass is 10.3. The van der Waals surface area contributed by atoms with Crippen molar-refractivity contribution in [1.29, 1.82) is 0 Å². The van der Waals surface area contributed by atoms with E-state index >= 15 is 0 Å². The number of rotatable bonds is 4. The highest BCUT2D eigenvalue weighted by Gasteiger charge is 2.18. The predicted octanol–water partition coefficient (Wildman–Crippen LogP) is 0.841. The summed E-state index contributed by atoms with van der Waals surface area (Å²) in [6.07, 6.45) is 0. The molecule has 0 fully saturated rings. The normalized spacial score (nSPS) is 11.1. The highest BCUT2D eigenvalue weighted by Crippen LogP contribution is 2.20. The fourth-order valence-corrected chi connectivity index (χ4v) is 3.29. The van der Waals surface area contributed by atoms with Gasteiger partial charge in [-0.2, -0.15) is 0 Å². The van der Waals surface area contributed by atoms with Crippen LogP contribution >= 0.6 is 11.8 Å². The number of imidazole rings is 1. The van der Waals surface area contributed by atoms with Gasteiger partial charge in [0.05, 0.1) is 5.75 Å². The number of hydrogen-bond acceptors (Lipinski definition) is 5. The second kappa shape index (κ2) is 6.79. The zero-order valence-corrected chi connectivity index (χ0v) is 15.1. The van der Waals surface area contributed by atoms with Gasteiger partial charge in [-0.15, -0.1) is 0 Å². The van der Waals surface area contributed by atoms with Gasteiger partial charge in [-0.05, 0) is 18.2 Å². The smallest absolute Gasteiger partial charge is 0.325 e. The Balaban J connectivity index is 1.84. The third kappa shape index (κ3) is 3.15. The molecule has 2 aromatic heterocycles. The van der Waals surface area contributed by atoms with Gasteiger partial charge in [0.25, 0.3) is 5.56 Å². The first-order valence-electron chi connectivity index (χ1n) is 7.60. The number of amides is 1. The summed E-state index contributed by atoms with van der Waals surface area (Å²) >= 11 is 1.12. The van der Waals surface area contributed by atoms with Crippen LogP contribution in [0.25, 0.3) is 11.2 Å². The van der Waals surface area contributed by atoms with Gasteiger partial charge in [-0.25, -0.2) is 14.2 Å². The summed E-state index contributed by atoms with van der Waals surface area (Å²) < 4.78 is 17.0. The number of carbonyl (C=O) groups is 1. The van der Waals surface area contributed by atoms with Crippen LogP contribution in [0.15, 0.2) is 39.0 Å². The molecule has 3 aromatic rings. The second-order valence-electron chi connectivity index (χ2n) is 5.68. The van der Waals surface area contributed by atoms with E-state index in [0.717, 1.165) is 16.3 Å². The van der Waals surface area contributed by atoms with E-state index in [-0.39, 0.29) is 22.8 Å². The van der Waals surface area contributed by atoms with Crippen LogP contribution in [0.4, 0.5) is 10.1 Å². The number of aromatic nitrogens is 4. The number of hydrogen-bond donors (Lipinski definition) is 1. The Morgan fingerprint density at radius 3 is 2.62 bits per heavy atom. The average Bonchev–Trinajstić information content (AvgIpc) is 2.93. The Morgan fingerprint density at radius 2 is 1.92 bits per heavy atom. The van der Waals surface area contributed by atoms with Crippen molar-refractivity contribution < 1.29 is 9.18 Å². The molecule has 1 amide bonds. The molecule has 0 saturated heterocycles. The number of benzene rings is 1. The first-order valence-corrected chi connectivity index (χ1v) is 8.59. The first kappa shape index (κ1) is 17.9. The molecule has 0 aliphatic heterocycles. The van der Waals surface area contributed by atoms with Crippen LogP contribution in [0.5, 0.6) is 0 Å². The van der Waals surface area contributed by atoms with E-state index in [1.807, 2.05) is 0 Å². The molecule has 0 bridgehead atoms. The Kier molecular flexibility index (Phi) is 4.68. The quantitative estimate of drug-likeness (QED) is 0.681. The lowest BCUT2D eigenvalue weighted by Gasteiger charge is -2.05. The molecule has 136 valence electrons. The SMILES string of the molecule is Cn1c(=O)c2c(nc(SCC(=O)Nc3cccc(F)c3)n2C)n(C)c1=O. The van der Waals surface area contributed by atoms with Gasteiger partial charge in [0, 0.05) is 26.8 Å². The van der Waals surface area contributed by atoms with Crippen molar-refractivity contribution in [2.75, 3.05) is 11.1 Å². The van der Waals surface area contributed by atoms with Crippen molar-refractivity contribution in [3.8, 4) is 0 Å². The van der Waals surface area contributed by atoms with Crippen LogP contribution < -0.4 is 16.6 Å². The van der Waals surface area contributed by atoms with Gasteiger partial charge in [0.2, 0.25) is 5.91 Å². The van der Waals surface area contributed by atoms with E-state index in [1.165, 1.54) is 36.9 Å². The third-order valence-corrected chi connectivity index (χ3v) is 4.91. The summed E-state index contributed by atoms with van der Waals surface area (Å²) in [6, 6.07) is 5.59. The number of aryl methyl sites for hydroxylation is 2. The molecule has 0 spiro atoms. The molecule has 0 aliphatic rings. The molecular formula is C16H16FN5O3S. The van der Waals surface area contributed by atoms with E-state index in [9.17, 15) is 18.8 Å². The maximum Gasteiger partial charge on any atom is 0.332 e. The number of halogens is 1. The van der Waals surface area contributed by atoms with Crippen LogP contribution in [-0.2, 0) is 25.9 Å². The predicted molar refractivity (Wildman–Crippen MR) is 96.9 cm³/mol. The summed E-state index contributed by atoms with van der Waals surface area (Å²) in [5.74, 6) is -0.765. The van der Waals surface area contributed by atoms with Crippen LogP contribution in [-0.4, -0.2) is 30.3 Å². The Hall–Kier alpha value is -2.88. The Labute approximate surface area is 151 Å². The summed E-state index contributed by atoms with van der Waals surface area (Å²) in [5, 5.41) is 3.01. The first-order chi connectivity index (χ1) is 12.3. The topological polar surface area (TPSA) is 90.9 Å². The molecule has 0 unspecified atom stereocenters. The van der Waals surface area contributed by atoms with Gasteiger partial charge in [0.15, 0.2) is 16.3 Å². The van der Waals surface area contributed by atoms with E-state index < -0.39 is 17.1 Å². The molecule has 2 heterocycles. The lowest BCUT2D eigenvalue weighted by molar-refractivity contribution is -0.113. The second-order valence-corrected chi connectivity index (χ2v) is 6.62. The number of nitrogens with zero attached hydrogens (tertiary/aromatic N) is 4. The molecule has 0 radical (unpaired) electrons. The number of fused-ring (bicyclic) bond motifs is 1. The molecular weight excluding hydrogens is 361 g/mol. The van der Waals surface area contributed by atoms with Crippen LogP contribution in [0.3, 0.4) is 0 Å². The molecule has 10 heteroatoms. The van der Waals surface area contributed by atoms with Gasteiger partial charge in [-0.1, -0.05) is 17.8 Å². The minimum atomic E-state index is -0.471. The Bertz CT molecular complexity index is 1130. The van der Waals surface area contributed by atoms with E-state index in [0.29, 0.717) is 10.8 Å². The average molecular weight is 377 g/mol. The monoisotopic (exact) mass is 377 g/mol. The number of thioether (sulfide) groups is 1. The number of anilines is 1. The van der Waals surface area contributed by atoms with Gasteiger partial charge < -0.3 is 9.88 Å². The van der Waals surface area contributed by atoms with Crippen LogP contribution in [0, 0.1) is 5.82 Å². The Morgan fingerprint density at radius 1 is 1.19 bits per heavy atom. The fourth-order valence-electron chi connectivity index (χ4n) is 2.52. The summed E-state index contributed by atoms with van der Waals surface area (Å²) in [6.45, 7) is 0. The minimum absolute atomic E-state index is 0.0158. The lowest BCUT2D eigenvalue weighted by Crippen LogP contribution is -2.37. The van der Waals surface area contributed by atoms with Crippen molar-refractivity contribution in [3.63, 3.8) is 0 Å².